The molecule has 1 saturated heterocycles. The number of nitrogens with two attached hydrogens (primary N) is 1. The van der Waals surface area contributed by atoms with Crippen molar-refractivity contribution in [2.75, 3.05) is 26.2 Å². The highest BCUT2D eigenvalue weighted by Crippen LogP contribution is 2.14. The molecule has 1 aliphatic heterocycles. The molecule has 6 heteroatoms. The minimum Gasteiger partial charge on any atom is -0.444 e. The summed E-state index contributed by atoms with van der Waals surface area (Å²) in [4.78, 5) is 27.2. The maximum Gasteiger partial charge on any atom is 0.410 e. The van der Waals surface area contributed by atoms with Crippen LogP contribution in [0.4, 0.5) is 4.79 Å². The van der Waals surface area contributed by atoms with Gasteiger partial charge in [0.2, 0.25) is 5.91 Å². The molecule has 1 heterocycles. The second-order valence-corrected chi connectivity index (χ2v) is 6.81. The fourth-order valence-electron chi connectivity index (χ4n) is 2.50. The van der Waals surface area contributed by atoms with Gasteiger partial charge in [-0.25, -0.2) is 4.79 Å². The van der Waals surface area contributed by atoms with Gasteiger partial charge in [0.15, 0.2) is 0 Å². The smallest absolute Gasteiger partial charge is 0.410 e. The molecule has 1 aromatic rings. The lowest BCUT2D eigenvalue weighted by Gasteiger charge is -2.35. The molecule has 0 atom stereocenters. The van der Waals surface area contributed by atoms with E-state index in [0.717, 1.165) is 25.2 Å². The van der Waals surface area contributed by atoms with Crippen LogP contribution in [0.1, 0.15) is 36.7 Å². The highest BCUT2D eigenvalue weighted by atomic mass is 16.6. The molecule has 2 N–H and O–H groups in total. The van der Waals surface area contributed by atoms with E-state index >= 15 is 0 Å². The summed E-state index contributed by atoms with van der Waals surface area (Å²) in [5.41, 5.74) is 6.41. The Balaban J connectivity index is 1.86. The van der Waals surface area contributed by atoms with Crippen molar-refractivity contribution in [3.05, 3.63) is 35.4 Å². The highest BCUT2D eigenvalue weighted by Gasteiger charge is 2.25. The highest BCUT2D eigenvalue weighted by molar-refractivity contribution is 5.92. The molecule has 126 valence electrons. The molecule has 1 aromatic carbocycles. The number of piperazine rings is 1. The first-order valence-corrected chi connectivity index (χ1v) is 7.83. The Hall–Kier alpha value is -2.08. The normalized spacial score (nSPS) is 16.2. The number of amides is 2. The van der Waals surface area contributed by atoms with Crippen molar-refractivity contribution < 1.29 is 14.3 Å². The van der Waals surface area contributed by atoms with Crippen molar-refractivity contribution in [3.8, 4) is 0 Å². The summed E-state index contributed by atoms with van der Waals surface area (Å²) in [6.07, 6.45) is -0.257. The first-order chi connectivity index (χ1) is 10.7. The molecule has 6 nitrogen and oxygen atoms in total. The Morgan fingerprint density at radius 2 is 1.83 bits per heavy atom. The Morgan fingerprint density at radius 1 is 1.17 bits per heavy atom. The van der Waals surface area contributed by atoms with Gasteiger partial charge in [-0.3, -0.25) is 9.69 Å². The molecule has 0 aliphatic carbocycles. The van der Waals surface area contributed by atoms with Gasteiger partial charge in [-0.1, -0.05) is 12.1 Å². The molecule has 0 spiro atoms. The SMILES string of the molecule is CC(C)(C)OC(=O)N1CCN(Cc2cccc(C(N)=O)c2)CC1. The zero-order valence-corrected chi connectivity index (χ0v) is 14.0. The second kappa shape index (κ2) is 7.00. The minimum absolute atomic E-state index is 0.257. The van der Waals surface area contributed by atoms with Gasteiger partial charge >= 0.3 is 6.09 Å². The molecule has 2 rings (SSSR count). The van der Waals surface area contributed by atoms with Gasteiger partial charge in [-0.2, -0.15) is 0 Å². The Kier molecular flexibility index (Phi) is 5.26. The van der Waals surface area contributed by atoms with E-state index in [-0.39, 0.29) is 6.09 Å². The van der Waals surface area contributed by atoms with Crippen LogP contribution < -0.4 is 5.73 Å². The van der Waals surface area contributed by atoms with E-state index in [4.69, 9.17) is 10.5 Å². The first-order valence-electron chi connectivity index (χ1n) is 7.83. The molecule has 1 aliphatic rings. The maximum absolute atomic E-state index is 12.0. The van der Waals surface area contributed by atoms with Gasteiger partial charge in [0.05, 0.1) is 0 Å². The summed E-state index contributed by atoms with van der Waals surface area (Å²) < 4.78 is 5.39. The van der Waals surface area contributed by atoms with E-state index in [0.29, 0.717) is 18.7 Å². The predicted molar refractivity (Wildman–Crippen MR) is 88.0 cm³/mol. The fraction of sp³-hybridized carbons (Fsp3) is 0.529. The van der Waals surface area contributed by atoms with E-state index in [1.807, 2.05) is 39.0 Å². The molecular weight excluding hydrogens is 294 g/mol. The van der Waals surface area contributed by atoms with Crippen LogP contribution in [0.25, 0.3) is 0 Å². The Morgan fingerprint density at radius 3 is 2.39 bits per heavy atom. The van der Waals surface area contributed by atoms with Crippen LogP contribution in [0.5, 0.6) is 0 Å². The van der Waals surface area contributed by atoms with Crippen LogP contribution in [-0.4, -0.2) is 53.6 Å². The fourth-order valence-corrected chi connectivity index (χ4v) is 2.50. The van der Waals surface area contributed by atoms with E-state index in [1.54, 1.807) is 11.0 Å². The van der Waals surface area contributed by atoms with Crippen molar-refractivity contribution in [3.63, 3.8) is 0 Å². The first kappa shape index (κ1) is 17.3. The molecule has 0 radical (unpaired) electrons. The van der Waals surface area contributed by atoms with Crippen LogP contribution in [0.15, 0.2) is 24.3 Å². The van der Waals surface area contributed by atoms with Crippen LogP contribution in [0.3, 0.4) is 0 Å². The third kappa shape index (κ3) is 5.25. The number of nitrogens with zero attached hydrogens (tertiary/aromatic N) is 2. The molecule has 1 fully saturated rings. The van der Waals surface area contributed by atoms with Crippen molar-refractivity contribution in [2.45, 2.75) is 32.9 Å². The van der Waals surface area contributed by atoms with E-state index in [9.17, 15) is 9.59 Å². The van der Waals surface area contributed by atoms with Crippen molar-refractivity contribution in [2.24, 2.45) is 5.73 Å². The third-order valence-electron chi connectivity index (χ3n) is 3.64. The van der Waals surface area contributed by atoms with Crippen molar-refractivity contribution in [1.29, 1.82) is 0 Å². The minimum atomic E-state index is -0.469. The summed E-state index contributed by atoms with van der Waals surface area (Å²) >= 11 is 0. The standard InChI is InChI=1S/C17H25N3O3/c1-17(2,3)23-16(22)20-9-7-19(8-10-20)12-13-5-4-6-14(11-13)15(18)21/h4-6,11H,7-10,12H2,1-3H3,(H2,18,21). The van der Waals surface area contributed by atoms with Crippen molar-refractivity contribution >= 4 is 12.0 Å². The molecule has 0 saturated carbocycles. The molecule has 0 unspecified atom stereocenters. The zero-order valence-electron chi connectivity index (χ0n) is 14.0. The maximum atomic E-state index is 12.0. The zero-order chi connectivity index (χ0) is 17.0. The van der Waals surface area contributed by atoms with Crippen LogP contribution in [-0.2, 0) is 11.3 Å². The van der Waals surface area contributed by atoms with Crippen LogP contribution >= 0.6 is 0 Å². The van der Waals surface area contributed by atoms with E-state index in [1.165, 1.54) is 0 Å². The largest absolute Gasteiger partial charge is 0.444 e. The van der Waals surface area contributed by atoms with Crippen molar-refractivity contribution in [1.82, 2.24) is 9.80 Å². The summed E-state index contributed by atoms with van der Waals surface area (Å²) in [5.74, 6) is -0.415. The number of ether oxygens (including phenoxy) is 1. The van der Waals surface area contributed by atoms with Gasteiger partial charge in [0, 0.05) is 38.3 Å². The number of carbonyl (C=O) groups is 2. The number of hydrogen-bond donors (Lipinski definition) is 1. The molecule has 0 bridgehead atoms. The molecule has 2 amide bonds. The number of hydrogen-bond acceptors (Lipinski definition) is 4. The lowest BCUT2D eigenvalue weighted by molar-refractivity contribution is 0.0139. The van der Waals surface area contributed by atoms with Gasteiger partial charge in [0.25, 0.3) is 0 Å². The lowest BCUT2D eigenvalue weighted by atomic mass is 10.1. The monoisotopic (exact) mass is 319 g/mol. The quantitative estimate of drug-likeness (QED) is 0.922. The Labute approximate surface area is 137 Å². The number of carbonyl (C=O) groups excluding carboxylic acids is 2. The average molecular weight is 319 g/mol. The van der Waals surface area contributed by atoms with Crippen LogP contribution in [0.2, 0.25) is 0 Å². The Bertz CT molecular complexity index is 573. The summed E-state index contributed by atoms with van der Waals surface area (Å²) in [6.45, 7) is 9.19. The number of rotatable bonds is 3. The van der Waals surface area contributed by atoms with Gasteiger partial charge in [-0.05, 0) is 38.5 Å². The summed E-state index contributed by atoms with van der Waals surface area (Å²) in [5, 5.41) is 0. The molecular formula is C17H25N3O3. The third-order valence-corrected chi connectivity index (χ3v) is 3.64. The van der Waals surface area contributed by atoms with Crippen LogP contribution in [0, 0.1) is 0 Å². The van der Waals surface area contributed by atoms with Gasteiger partial charge in [0.1, 0.15) is 5.60 Å². The summed E-state index contributed by atoms with van der Waals surface area (Å²) in [6, 6.07) is 7.36. The lowest BCUT2D eigenvalue weighted by Crippen LogP contribution is -2.49. The molecule has 23 heavy (non-hydrogen) atoms. The average Bonchev–Trinajstić information content (AvgIpc) is 2.46. The van der Waals surface area contributed by atoms with Gasteiger partial charge < -0.3 is 15.4 Å². The topological polar surface area (TPSA) is 75.9 Å². The summed E-state index contributed by atoms with van der Waals surface area (Å²) in [7, 11) is 0. The van der Waals surface area contributed by atoms with E-state index in [2.05, 4.69) is 4.90 Å². The predicted octanol–water partition coefficient (Wildman–Crippen LogP) is 1.84. The number of benzene rings is 1. The van der Waals surface area contributed by atoms with Gasteiger partial charge in [-0.15, -0.1) is 0 Å². The number of primary amides is 1. The van der Waals surface area contributed by atoms with E-state index < -0.39 is 11.5 Å². The molecule has 0 aromatic heterocycles. The second-order valence-electron chi connectivity index (χ2n) is 6.81.